The quantitative estimate of drug-likeness (QED) is 0.888. The zero-order valence-electron chi connectivity index (χ0n) is 11.2. The van der Waals surface area contributed by atoms with E-state index in [-0.39, 0.29) is 18.2 Å². The molecule has 2 rings (SSSR count). The highest BCUT2D eigenvalue weighted by Gasteiger charge is 2.21. The maximum absolute atomic E-state index is 13.7. The number of nitrogens with zero attached hydrogens (tertiary/aromatic N) is 1. The molecule has 1 aliphatic heterocycles. The van der Waals surface area contributed by atoms with E-state index in [1.54, 1.807) is 6.07 Å². The third-order valence-corrected chi connectivity index (χ3v) is 4.13. The maximum Gasteiger partial charge on any atom is 0.137 e. The lowest BCUT2D eigenvalue weighted by molar-refractivity contribution is 0.164. The minimum absolute atomic E-state index is 0. The molecule has 5 heteroatoms. The van der Waals surface area contributed by atoms with Crippen LogP contribution in [0.2, 0.25) is 0 Å². The van der Waals surface area contributed by atoms with Gasteiger partial charge in [-0.25, -0.2) is 4.39 Å². The number of nitrogens with one attached hydrogen (secondary N) is 1. The molecule has 1 fully saturated rings. The van der Waals surface area contributed by atoms with Crippen LogP contribution in [0.4, 0.5) is 4.39 Å². The normalized spacial score (nSPS) is 17.8. The van der Waals surface area contributed by atoms with E-state index < -0.39 is 0 Å². The number of rotatable bonds is 4. The Morgan fingerprint density at radius 1 is 1.37 bits per heavy atom. The maximum atomic E-state index is 13.7. The zero-order valence-corrected chi connectivity index (χ0v) is 13.6. The van der Waals surface area contributed by atoms with E-state index in [0.717, 1.165) is 44.6 Å². The van der Waals surface area contributed by atoms with Crippen molar-refractivity contribution < 1.29 is 4.39 Å². The summed E-state index contributed by atoms with van der Waals surface area (Å²) < 4.78 is 14.2. The van der Waals surface area contributed by atoms with Gasteiger partial charge in [0.15, 0.2) is 0 Å². The van der Waals surface area contributed by atoms with Gasteiger partial charge < -0.3 is 5.32 Å². The molecule has 0 aromatic heterocycles. The summed E-state index contributed by atoms with van der Waals surface area (Å²) in [5, 5.41) is 3.36. The molecule has 1 aliphatic rings. The molecule has 1 saturated heterocycles. The fraction of sp³-hybridized carbons (Fsp3) is 0.571. The zero-order chi connectivity index (χ0) is 13.0. The van der Waals surface area contributed by atoms with Gasteiger partial charge >= 0.3 is 0 Å². The van der Waals surface area contributed by atoms with E-state index in [1.165, 1.54) is 0 Å². The van der Waals surface area contributed by atoms with Crippen LogP contribution in [0.3, 0.4) is 0 Å². The summed E-state index contributed by atoms with van der Waals surface area (Å²) in [6.07, 6.45) is 2.20. The summed E-state index contributed by atoms with van der Waals surface area (Å²) in [6, 6.07) is 5.87. The van der Waals surface area contributed by atoms with Crippen molar-refractivity contribution in [2.75, 3.05) is 26.2 Å². The van der Waals surface area contributed by atoms with Crippen LogP contribution in [0.15, 0.2) is 22.7 Å². The van der Waals surface area contributed by atoms with Crippen molar-refractivity contribution in [1.29, 1.82) is 0 Å². The lowest BCUT2D eigenvalue weighted by Crippen LogP contribution is -2.45. The molecule has 0 bridgehead atoms. The number of halogens is 3. The van der Waals surface area contributed by atoms with Crippen molar-refractivity contribution in [2.45, 2.75) is 25.8 Å². The molecule has 108 valence electrons. The molecule has 1 atom stereocenters. The number of benzene rings is 1. The van der Waals surface area contributed by atoms with Crippen molar-refractivity contribution >= 4 is 28.3 Å². The van der Waals surface area contributed by atoms with Crippen LogP contribution in [-0.2, 0) is 0 Å². The molecule has 1 aromatic rings. The molecule has 1 heterocycles. The highest BCUT2D eigenvalue weighted by Crippen LogP contribution is 2.28. The molecule has 19 heavy (non-hydrogen) atoms. The predicted octanol–water partition coefficient (Wildman–Crippen LogP) is 3.76. The van der Waals surface area contributed by atoms with Crippen molar-refractivity contribution in [1.82, 2.24) is 10.2 Å². The Morgan fingerprint density at radius 2 is 2.05 bits per heavy atom. The van der Waals surface area contributed by atoms with Gasteiger partial charge in [-0.05, 0) is 40.0 Å². The molecule has 0 saturated carbocycles. The topological polar surface area (TPSA) is 15.3 Å². The fourth-order valence-corrected chi connectivity index (χ4v) is 2.79. The molecule has 0 radical (unpaired) electrons. The smallest absolute Gasteiger partial charge is 0.137 e. The average molecular weight is 352 g/mol. The molecule has 0 aliphatic carbocycles. The Bertz CT molecular complexity index is 397. The Labute approximate surface area is 129 Å². The molecule has 0 spiro atoms. The van der Waals surface area contributed by atoms with Crippen molar-refractivity contribution in [3.63, 3.8) is 0 Å². The molecule has 0 amide bonds. The lowest BCUT2D eigenvalue weighted by atomic mass is 10.00. The predicted molar refractivity (Wildman–Crippen MR) is 83.4 cm³/mol. The van der Waals surface area contributed by atoms with Gasteiger partial charge in [-0.3, -0.25) is 4.90 Å². The first-order valence-electron chi connectivity index (χ1n) is 6.62. The van der Waals surface area contributed by atoms with Gasteiger partial charge in [-0.15, -0.1) is 12.4 Å². The summed E-state index contributed by atoms with van der Waals surface area (Å²) in [5.74, 6) is -0.163. The van der Waals surface area contributed by atoms with Crippen molar-refractivity contribution in [3.05, 3.63) is 34.1 Å². The Hall–Kier alpha value is -0.160. The van der Waals surface area contributed by atoms with Crippen molar-refractivity contribution in [2.24, 2.45) is 0 Å². The highest BCUT2D eigenvalue weighted by atomic mass is 79.9. The minimum atomic E-state index is -0.163. The molecular weight excluding hydrogens is 331 g/mol. The summed E-state index contributed by atoms with van der Waals surface area (Å²) in [4.78, 5) is 2.46. The van der Waals surface area contributed by atoms with Crippen LogP contribution >= 0.6 is 28.3 Å². The van der Waals surface area contributed by atoms with E-state index in [0.29, 0.717) is 10.5 Å². The van der Waals surface area contributed by atoms with Gasteiger partial charge in [0, 0.05) is 32.2 Å². The summed E-state index contributed by atoms with van der Waals surface area (Å²) >= 11 is 3.21. The van der Waals surface area contributed by atoms with Crippen LogP contribution in [-0.4, -0.2) is 31.1 Å². The van der Waals surface area contributed by atoms with Crippen LogP contribution in [0, 0.1) is 5.82 Å². The highest BCUT2D eigenvalue weighted by molar-refractivity contribution is 9.10. The second kappa shape index (κ2) is 8.20. The van der Waals surface area contributed by atoms with E-state index in [1.807, 2.05) is 12.1 Å². The van der Waals surface area contributed by atoms with Gasteiger partial charge in [-0.1, -0.05) is 19.4 Å². The third-order valence-electron chi connectivity index (χ3n) is 3.48. The molecule has 0 unspecified atom stereocenters. The first kappa shape index (κ1) is 16.9. The third kappa shape index (κ3) is 4.42. The van der Waals surface area contributed by atoms with Gasteiger partial charge in [0.2, 0.25) is 0 Å². The summed E-state index contributed by atoms with van der Waals surface area (Å²) in [6.45, 7) is 6.33. The van der Waals surface area contributed by atoms with Crippen LogP contribution in [0.1, 0.15) is 31.4 Å². The van der Waals surface area contributed by atoms with Crippen LogP contribution in [0.5, 0.6) is 0 Å². The first-order valence-corrected chi connectivity index (χ1v) is 7.41. The fourth-order valence-electron chi connectivity index (χ4n) is 2.55. The van der Waals surface area contributed by atoms with Gasteiger partial charge in [0.05, 0.1) is 4.47 Å². The van der Waals surface area contributed by atoms with E-state index in [9.17, 15) is 4.39 Å². The first-order chi connectivity index (χ1) is 8.72. The van der Waals surface area contributed by atoms with Gasteiger partial charge in [0.25, 0.3) is 0 Å². The average Bonchev–Trinajstić information content (AvgIpc) is 2.40. The second-order valence-electron chi connectivity index (χ2n) is 4.76. The summed E-state index contributed by atoms with van der Waals surface area (Å²) in [7, 11) is 0. The van der Waals surface area contributed by atoms with Crippen molar-refractivity contribution in [3.8, 4) is 0 Å². The number of piperazine rings is 1. The van der Waals surface area contributed by atoms with E-state index in [4.69, 9.17) is 0 Å². The Morgan fingerprint density at radius 3 is 2.63 bits per heavy atom. The monoisotopic (exact) mass is 350 g/mol. The standard InChI is InChI=1S/C14H20BrFN2.ClH/c1-2-3-14(18-8-6-17-7-9-18)11-4-5-12(15)13(16)10-11;/h4-5,10,14,17H,2-3,6-9H2,1H3;1H/t14-;/m0./s1. The molecular formula is C14H21BrClFN2. The largest absolute Gasteiger partial charge is 0.314 e. The minimum Gasteiger partial charge on any atom is -0.314 e. The second-order valence-corrected chi connectivity index (χ2v) is 5.62. The van der Waals surface area contributed by atoms with Crippen LogP contribution < -0.4 is 5.32 Å². The number of hydrogen-bond donors (Lipinski definition) is 1. The molecule has 2 nitrogen and oxygen atoms in total. The molecule has 1 aromatic carbocycles. The lowest BCUT2D eigenvalue weighted by Gasteiger charge is -2.35. The Balaban J connectivity index is 0.00000180. The van der Waals surface area contributed by atoms with Crippen LogP contribution in [0.25, 0.3) is 0 Å². The summed E-state index contributed by atoms with van der Waals surface area (Å²) in [5.41, 5.74) is 1.10. The number of hydrogen-bond acceptors (Lipinski definition) is 2. The van der Waals surface area contributed by atoms with E-state index >= 15 is 0 Å². The van der Waals surface area contributed by atoms with E-state index in [2.05, 4.69) is 33.1 Å². The van der Waals surface area contributed by atoms with Gasteiger partial charge in [-0.2, -0.15) is 0 Å². The Kier molecular flexibility index (Phi) is 7.29. The molecule has 1 N–H and O–H groups in total. The SMILES string of the molecule is CCC[C@@H](c1ccc(Br)c(F)c1)N1CCNCC1.Cl. The van der Waals surface area contributed by atoms with Gasteiger partial charge in [0.1, 0.15) is 5.82 Å².